The molecule has 0 aliphatic heterocycles. The van der Waals surface area contributed by atoms with Crippen molar-refractivity contribution in [3.8, 4) is 0 Å². The molecule has 0 saturated carbocycles. The number of nitrogens with two attached hydrogens (primary N) is 1. The topological polar surface area (TPSA) is 196 Å². The van der Waals surface area contributed by atoms with Gasteiger partial charge in [0, 0.05) is 23.1 Å². The van der Waals surface area contributed by atoms with E-state index in [0.717, 1.165) is 28.4 Å². The van der Waals surface area contributed by atoms with Gasteiger partial charge in [-0.3, -0.25) is 14.4 Å². The van der Waals surface area contributed by atoms with Crippen LogP contribution in [0.5, 0.6) is 0 Å². The van der Waals surface area contributed by atoms with Crippen LogP contribution in [-0.2, 0) is 43.6 Å². The highest BCUT2D eigenvalue weighted by atomic mass is 32.2. The first kappa shape index (κ1) is 38.0. The number of hydrogen-bond donors (Lipinski definition) is 4. The van der Waals surface area contributed by atoms with Crippen LogP contribution in [0.2, 0.25) is 0 Å². The lowest BCUT2D eigenvalue weighted by molar-refractivity contribution is -0.133. The summed E-state index contributed by atoms with van der Waals surface area (Å²) in [5, 5.41) is 13.2. The Balaban J connectivity index is 2.27. The van der Waals surface area contributed by atoms with Crippen LogP contribution in [0.1, 0.15) is 57.2 Å². The summed E-state index contributed by atoms with van der Waals surface area (Å²) < 4.78 is 23.8. The molecule has 2 aromatic carbocycles. The number of rotatable bonds is 18. The Labute approximate surface area is 272 Å². The van der Waals surface area contributed by atoms with Gasteiger partial charge in [-0.1, -0.05) is 93.5 Å². The summed E-state index contributed by atoms with van der Waals surface area (Å²) in [4.78, 5) is 43.3. The molecule has 3 amide bonds. The van der Waals surface area contributed by atoms with Gasteiger partial charge in [0.05, 0.1) is 6.04 Å². The SMILES string of the molecule is CC(C)CC(NC(=O)[C@H](CC(C)C)NC(=O)[C@H](Cc1ccccc1)N=[N+]=[N-])C(=O)N[C@H](/C=C/S(C)(=O)=O)Cc1ccc(CN)cc1. The molecule has 1 unspecified atom stereocenters. The Bertz CT molecular complexity index is 1470. The zero-order chi connectivity index (χ0) is 34.3. The van der Waals surface area contributed by atoms with Crippen LogP contribution >= 0.6 is 0 Å². The van der Waals surface area contributed by atoms with Gasteiger partial charge in [0.15, 0.2) is 9.84 Å². The fourth-order valence-electron chi connectivity index (χ4n) is 4.79. The largest absolute Gasteiger partial charge is 0.348 e. The Hall–Kier alpha value is -4.19. The van der Waals surface area contributed by atoms with E-state index in [1.165, 1.54) is 6.08 Å². The second kappa shape index (κ2) is 18.7. The third kappa shape index (κ3) is 14.3. The third-order valence-electron chi connectivity index (χ3n) is 7.05. The predicted octanol–water partition coefficient (Wildman–Crippen LogP) is 3.71. The lowest BCUT2D eigenvalue weighted by Crippen LogP contribution is -2.56. The van der Waals surface area contributed by atoms with E-state index in [-0.39, 0.29) is 24.7 Å². The van der Waals surface area contributed by atoms with E-state index in [9.17, 15) is 22.8 Å². The highest BCUT2D eigenvalue weighted by molar-refractivity contribution is 7.93. The molecular formula is C33H47N7O5S. The van der Waals surface area contributed by atoms with Crippen molar-refractivity contribution in [1.82, 2.24) is 16.0 Å². The van der Waals surface area contributed by atoms with Crippen molar-refractivity contribution >= 4 is 27.6 Å². The molecule has 2 aromatic rings. The van der Waals surface area contributed by atoms with E-state index in [0.29, 0.717) is 19.4 Å². The summed E-state index contributed by atoms with van der Waals surface area (Å²) >= 11 is 0. The molecule has 0 aromatic heterocycles. The number of sulfone groups is 1. The standard InChI is InChI=1S/C33H47N7O5S/c1-22(2)17-28(31(41)36-27(15-16-46(5,44)45)19-25-11-13-26(21-34)14-12-25)37-32(42)29(18-23(3)4)38-33(43)30(39-40-35)20-24-9-7-6-8-10-24/h6-16,22-23,27-30H,17-21,34H2,1-5H3,(H,36,41)(H,37,42)(H,38,43)/b16-15+/t27-,28?,29+,30+/m1/s1. The molecule has 12 nitrogen and oxygen atoms in total. The normalized spacial score (nSPS) is 14.3. The summed E-state index contributed by atoms with van der Waals surface area (Å²) in [6, 6.07) is 12.8. The van der Waals surface area contributed by atoms with E-state index >= 15 is 0 Å². The number of carbonyl (C=O) groups excluding carboxylic acids is 3. The van der Waals surface area contributed by atoms with Gasteiger partial charge in [0.25, 0.3) is 0 Å². The van der Waals surface area contributed by atoms with Crippen LogP contribution in [-0.4, -0.2) is 56.6 Å². The zero-order valence-electron chi connectivity index (χ0n) is 27.2. The number of benzene rings is 2. The van der Waals surface area contributed by atoms with Crippen LogP contribution in [0.15, 0.2) is 71.2 Å². The Kier molecular flexibility index (Phi) is 15.4. The van der Waals surface area contributed by atoms with Crippen LogP contribution in [0.25, 0.3) is 10.4 Å². The average Bonchev–Trinajstić information content (AvgIpc) is 2.99. The van der Waals surface area contributed by atoms with Crippen molar-refractivity contribution in [3.05, 3.63) is 93.2 Å². The van der Waals surface area contributed by atoms with Gasteiger partial charge in [-0.15, -0.1) is 0 Å². The molecule has 0 radical (unpaired) electrons. The third-order valence-corrected chi connectivity index (χ3v) is 7.70. The molecule has 13 heteroatoms. The van der Waals surface area contributed by atoms with E-state index in [1.807, 2.05) is 82.3 Å². The monoisotopic (exact) mass is 653 g/mol. The summed E-state index contributed by atoms with van der Waals surface area (Å²) in [6.45, 7) is 8.00. The highest BCUT2D eigenvalue weighted by Gasteiger charge is 2.30. The quantitative estimate of drug-likeness (QED) is 0.107. The van der Waals surface area contributed by atoms with Crippen LogP contribution < -0.4 is 21.7 Å². The van der Waals surface area contributed by atoms with Gasteiger partial charge in [-0.2, -0.15) is 0 Å². The van der Waals surface area contributed by atoms with E-state index < -0.39 is 51.7 Å². The zero-order valence-corrected chi connectivity index (χ0v) is 28.0. The van der Waals surface area contributed by atoms with Crippen molar-refractivity contribution in [2.45, 2.75) is 84.1 Å². The van der Waals surface area contributed by atoms with Gasteiger partial charge in [-0.05, 0) is 59.7 Å². The average molecular weight is 654 g/mol. The first-order valence-corrected chi connectivity index (χ1v) is 17.3. The molecule has 0 bridgehead atoms. The molecule has 250 valence electrons. The molecule has 0 fully saturated rings. The van der Waals surface area contributed by atoms with E-state index in [2.05, 4.69) is 26.0 Å². The minimum Gasteiger partial charge on any atom is -0.348 e. The molecule has 0 heterocycles. The lowest BCUT2D eigenvalue weighted by atomic mass is 9.98. The number of amides is 3. The lowest BCUT2D eigenvalue weighted by Gasteiger charge is -2.27. The smallest absolute Gasteiger partial charge is 0.243 e. The van der Waals surface area contributed by atoms with Crippen molar-refractivity contribution < 1.29 is 22.8 Å². The van der Waals surface area contributed by atoms with Gasteiger partial charge in [0.2, 0.25) is 17.7 Å². The highest BCUT2D eigenvalue weighted by Crippen LogP contribution is 2.13. The molecular weight excluding hydrogens is 606 g/mol. The molecule has 46 heavy (non-hydrogen) atoms. The molecule has 2 rings (SSSR count). The molecule has 4 atom stereocenters. The number of hydrogen-bond acceptors (Lipinski definition) is 7. The summed E-state index contributed by atoms with van der Waals surface area (Å²) in [6.07, 6.45) is 3.52. The predicted molar refractivity (Wildman–Crippen MR) is 180 cm³/mol. The summed E-state index contributed by atoms with van der Waals surface area (Å²) in [7, 11) is -3.47. The maximum absolute atomic E-state index is 13.6. The first-order chi connectivity index (χ1) is 21.7. The maximum Gasteiger partial charge on any atom is 0.243 e. The van der Waals surface area contributed by atoms with Crippen molar-refractivity contribution in [3.63, 3.8) is 0 Å². The van der Waals surface area contributed by atoms with Crippen molar-refractivity contribution in [2.75, 3.05) is 6.26 Å². The number of nitrogens with zero attached hydrogens (tertiary/aromatic N) is 3. The second-order valence-electron chi connectivity index (χ2n) is 12.3. The Morgan fingerprint density at radius 1 is 0.804 bits per heavy atom. The number of carbonyl (C=O) groups is 3. The van der Waals surface area contributed by atoms with Crippen molar-refractivity contribution in [1.29, 1.82) is 0 Å². The minimum atomic E-state index is -3.47. The van der Waals surface area contributed by atoms with E-state index in [1.54, 1.807) is 0 Å². The Morgan fingerprint density at radius 2 is 1.30 bits per heavy atom. The van der Waals surface area contributed by atoms with E-state index in [4.69, 9.17) is 11.3 Å². The molecule has 0 saturated heterocycles. The first-order valence-electron chi connectivity index (χ1n) is 15.4. The number of nitrogens with one attached hydrogen (secondary N) is 3. The maximum atomic E-state index is 13.6. The molecule has 0 aliphatic carbocycles. The molecule has 0 aliphatic rings. The van der Waals surface area contributed by atoms with Crippen LogP contribution in [0, 0.1) is 11.8 Å². The Morgan fingerprint density at radius 3 is 1.80 bits per heavy atom. The summed E-state index contributed by atoms with van der Waals surface area (Å²) in [5.74, 6) is -1.61. The second-order valence-corrected chi connectivity index (χ2v) is 14.2. The molecule has 5 N–H and O–H groups in total. The van der Waals surface area contributed by atoms with Crippen molar-refractivity contribution in [2.24, 2.45) is 22.7 Å². The van der Waals surface area contributed by atoms with Crippen LogP contribution in [0.3, 0.4) is 0 Å². The molecule has 0 spiro atoms. The summed E-state index contributed by atoms with van der Waals surface area (Å²) in [5.41, 5.74) is 17.4. The van der Waals surface area contributed by atoms with Gasteiger partial charge in [-0.25, -0.2) is 8.42 Å². The minimum absolute atomic E-state index is 0.0108. The fraction of sp³-hybridized carbons (Fsp3) is 0.485. The van der Waals surface area contributed by atoms with Crippen LogP contribution in [0.4, 0.5) is 0 Å². The number of azide groups is 1. The van der Waals surface area contributed by atoms with Gasteiger partial charge in [0.1, 0.15) is 18.1 Å². The van der Waals surface area contributed by atoms with Gasteiger partial charge < -0.3 is 21.7 Å². The fourth-order valence-corrected chi connectivity index (χ4v) is 5.26. The van der Waals surface area contributed by atoms with Gasteiger partial charge >= 0.3 is 0 Å².